The Balaban J connectivity index is 2.53. The molecule has 0 saturated heterocycles. The van der Waals surface area contributed by atoms with Crippen LogP contribution in [0, 0.1) is 0 Å². The molecule has 1 nitrogen and oxygen atoms in total. The first-order valence-corrected chi connectivity index (χ1v) is 5.69. The highest BCUT2D eigenvalue weighted by atomic mass is 79.9. The summed E-state index contributed by atoms with van der Waals surface area (Å²) in [4.78, 5) is 0. The minimum absolute atomic E-state index is 0.571. The van der Waals surface area contributed by atoms with Crippen LogP contribution < -0.4 is 0 Å². The van der Waals surface area contributed by atoms with Crippen LogP contribution in [0.5, 0.6) is 0 Å². The maximum atomic E-state index is 5.83. The highest BCUT2D eigenvalue weighted by Crippen LogP contribution is 2.22. The third kappa shape index (κ3) is 3.86. The van der Waals surface area contributed by atoms with Gasteiger partial charge in [-0.3, -0.25) is 0 Å². The first-order valence-electron chi connectivity index (χ1n) is 3.81. The van der Waals surface area contributed by atoms with Crippen molar-refractivity contribution < 1.29 is 4.74 Å². The molecule has 0 aliphatic rings. The van der Waals surface area contributed by atoms with Gasteiger partial charge in [0.1, 0.15) is 0 Å². The number of hydrogen-bond acceptors (Lipinski definition) is 1. The van der Waals surface area contributed by atoms with Crippen LogP contribution in [0.2, 0.25) is 10.0 Å². The van der Waals surface area contributed by atoms with Crippen LogP contribution >= 0.6 is 39.1 Å². The highest BCUT2D eigenvalue weighted by molar-refractivity contribution is 9.09. The van der Waals surface area contributed by atoms with Gasteiger partial charge in [0.2, 0.25) is 0 Å². The van der Waals surface area contributed by atoms with Crippen molar-refractivity contribution in [2.75, 3.05) is 11.9 Å². The van der Waals surface area contributed by atoms with Crippen LogP contribution in [-0.2, 0) is 11.3 Å². The molecule has 0 radical (unpaired) electrons. The Kier molecular flexibility index (Phi) is 5.10. The number of alkyl halides is 1. The Morgan fingerprint density at radius 1 is 1.23 bits per heavy atom. The molecule has 1 aromatic rings. The fourth-order valence-corrected chi connectivity index (χ4v) is 1.42. The molecule has 0 heterocycles. The molecule has 0 aliphatic carbocycles. The molecule has 0 spiro atoms. The molecule has 0 saturated carbocycles. The van der Waals surface area contributed by atoms with Crippen molar-refractivity contribution in [1.29, 1.82) is 0 Å². The predicted octanol–water partition coefficient (Wildman–Crippen LogP) is 3.90. The minimum atomic E-state index is 0.571. The van der Waals surface area contributed by atoms with Crippen molar-refractivity contribution in [3.8, 4) is 0 Å². The lowest BCUT2D eigenvalue weighted by molar-refractivity contribution is 0.137. The fraction of sp³-hybridized carbons (Fsp3) is 0.333. The zero-order valence-corrected chi connectivity index (χ0v) is 9.99. The van der Waals surface area contributed by atoms with Gasteiger partial charge >= 0.3 is 0 Å². The summed E-state index contributed by atoms with van der Waals surface area (Å²) in [5.74, 6) is 0. The van der Waals surface area contributed by atoms with Gasteiger partial charge in [0.25, 0.3) is 0 Å². The molecule has 13 heavy (non-hydrogen) atoms. The average molecular weight is 284 g/mol. The van der Waals surface area contributed by atoms with Gasteiger partial charge in [-0.2, -0.15) is 0 Å². The van der Waals surface area contributed by atoms with Crippen molar-refractivity contribution in [3.63, 3.8) is 0 Å². The Bertz CT molecular complexity index is 278. The molecular formula is C9H9BrCl2O. The van der Waals surface area contributed by atoms with E-state index in [2.05, 4.69) is 15.9 Å². The van der Waals surface area contributed by atoms with Crippen LogP contribution in [0.15, 0.2) is 18.2 Å². The summed E-state index contributed by atoms with van der Waals surface area (Å²) in [6.07, 6.45) is 0. The van der Waals surface area contributed by atoms with E-state index in [1.807, 2.05) is 12.1 Å². The Labute approximate surface area is 96.1 Å². The van der Waals surface area contributed by atoms with Crippen molar-refractivity contribution in [1.82, 2.24) is 0 Å². The minimum Gasteiger partial charge on any atom is -0.376 e. The summed E-state index contributed by atoms with van der Waals surface area (Å²) in [6, 6.07) is 5.50. The number of rotatable bonds is 4. The number of hydrogen-bond donors (Lipinski definition) is 0. The summed E-state index contributed by atoms with van der Waals surface area (Å²) in [5.41, 5.74) is 1.04. The average Bonchev–Trinajstić information content (AvgIpc) is 2.12. The summed E-state index contributed by atoms with van der Waals surface area (Å²) in [5, 5.41) is 1.99. The van der Waals surface area contributed by atoms with Gasteiger partial charge in [-0.25, -0.2) is 0 Å². The molecule has 0 aromatic heterocycles. The van der Waals surface area contributed by atoms with Crippen molar-refractivity contribution >= 4 is 39.1 Å². The van der Waals surface area contributed by atoms with Gasteiger partial charge in [-0.15, -0.1) is 0 Å². The van der Waals surface area contributed by atoms with E-state index >= 15 is 0 Å². The van der Waals surface area contributed by atoms with Crippen molar-refractivity contribution in [2.45, 2.75) is 6.61 Å². The van der Waals surface area contributed by atoms with Gasteiger partial charge in [0, 0.05) is 5.33 Å². The maximum Gasteiger partial charge on any atom is 0.0717 e. The van der Waals surface area contributed by atoms with Crippen LogP contribution in [0.4, 0.5) is 0 Å². The molecule has 1 aromatic carbocycles. The molecule has 0 fully saturated rings. The SMILES string of the molecule is Clc1ccc(COCCBr)cc1Cl. The van der Waals surface area contributed by atoms with Gasteiger partial charge in [0.05, 0.1) is 23.3 Å². The molecule has 0 bridgehead atoms. The van der Waals surface area contributed by atoms with Crippen LogP contribution in [0.3, 0.4) is 0 Å². The van der Waals surface area contributed by atoms with Crippen LogP contribution in [0.1, 0.15) is 5.56 Å². The topological polar surface area (TPSA) is 9.23 Å². The normalized spacial score (nSPS) is 10.4. The molecule has 0 atom stereocenters. The second kappa shape index (κ2) is 5.86. The van der Waals surface area contributed by atoms with Crippen LogP contribution in [0.25, 0.3) is 0 Å². The number of ether oxygens (including phenoxy) is 1. The standard InChI is InChI=1S/C9H9BrCl2O/c10-3-4-13-6-7-1-2-8(11)9(12)5-7/h1-2,5H,3-4,6H2. The Hall–Kier alpha value is 0.240. The second-order valence-corrected chi connectivity index (χ2v) is 4.10. The summed E-state index contributed by atoms with van der Waals surface area (Å²) < 4.78 is 5.32. The van der Waals surface area contributed by atoms with E-state index in [9.17, 15) is 0 Å². The van der Waals surface area contributed by atoms with E-state index in [0.717, 1.165) is 10.9 Å². The summed E-state index contributed by atoms with van der Waals surface area (Å²) in [7, 11) is 0. The Morgan fingerprint density at radius 3 is 2.62 bits per heavy atom. The Morgan fingerprint density at radius 2 is 2.00 bits per heavy atom. The molecule has 1 rings (SSSR count). The lowest BCUT2D eigenvalue weighted by atomic mass is 10.2. The highest BCUT2D eigenvalue weighted by Gasteiger charge is 1.98. The lowest BCUT2D eigenvalue weighted by Crippen LogP contribution is -1.95. The third-order valence-electron chi connectivity index (χ3n) is 1.47. The van der Waals surface area contributed by atoms with E-state index in [0.29, 0.717) is 23.3 Å². The zero-order valence-electron chi connectivity index (χ0n) is 6.90. The predicted molar refractivity (Wildman–Crippen MR) is 59.9 cm³/mol. The van der Waals surface area contributed by atoms with E-state index in [1.54, 1.807) is 6.07 Å². The van der Waals surface area contributed by atoms with E-state index < -0.39 is 0 Å². The quantitative estimate of drug-likeness (QED) is 0.601. The van der Waals surface area contributed by atoms with E-state index in [-0.39, 0.29) is 0 Å². The molecule has 0 N–H and O–H groups in total. The van der Waals surface area contributed by atoms with Gasteiger partial charge in [-0.1, -0.05) is 45.2 Å². The monoisotopic (exact) mass is 282 g/mol. The van der Waals surface area contributed by atoms with Crippen LogP contribution in [-0.4, -0.2) is 11.9 Å². The zero-order chi connectivity index (χ0) is 9.68. The molecule has 0 aliphatic heterocycles. The third-order valence-corrected chi connectivity index (χ3v) is 2.54. The first kappa shape index (κ1) is 11.3. The molecule has 4 heteroatoms. The smallest absolute Gasteiger partial charge is 0.0717 e. The van der Waals surface area contributed by atoms with Crippen molar-refractivity contribution in [2.24, 2.45) is 0 Å². The van der Waals surface area contributed by atoms with E-state index in [1.165, 1.54) is 0 Å². The van der Waals surface area contributed by atoms with Gasteiger partial charge in [-0.05, 0) is 17.7 Å². The number of benzene rings is 1. The van der Waals surface area contributed by atoms with Gasteiger partial charge in [0.15, 0.2) is 0 Å². The number of halogens is 3. The molecular weight excluding hydrogens is 275 g/mol. The summed E-state index contributed by atoms with van der Waals surface area (Å²) in [6.45, 7) is 1.27. The molecule has 0 unspecified atom stereocenters. The second-order valence-electron chi connectivity index (χ2n) is 2.49. The summed E-state index contributed by atoms with van der Waals surface area (Å²) >= 11 is 14.9. The largest absolute Gasteiger partial charge is 0.376 e. The molecule has 0 amide bonds. The van der Waals surface area contributed by atoms with E-state index in [4.69, 9.17) is 27.9 Å². The van der Waals surface area contributed by atoms with Crippen molar-refractivity contribution in [3.05, 3.63) is 33.8 Å². The fourth-order valence-electron chi connectivity index (χ4n) is 0.874. The molecule has 72 valence electrons. The van der Waals surface area contributed by atoms with Gasteiger partial charge < -0.3 is 4.74 Å². The first-order chi connectivity index (χ1) is 6.24. The maximum absolute atomic E-state index is 5.83. The lowest BCUT2D eigenvalue weighted by Gasteiger charge is -2.03.